The zero-order valence-corrected chi connectivity index (χ0v) is 15.4. The Morgan fingerprint density at radius 2 is 1.88 bits per heavy atom. The first-order valence-electron chi connectivity index (χ1n) is 8.31. The standard InChI is InChI=1S/C18H24F3N5/c1-12-5-7-14(8-6-12)13(2)9-23-17(22-3)24-10-15-11-26(4)25-16(15)18(19,20)21/h5-8,11,13H,9-10H2,1-4H3,(H2,22,23,24). The first-order chi connectivity index (χ1) is 12.2. The van der Waals surface area contributed by atoms with Gasteiger partial charge in [0.2, 0.25) is 0 Å². The van der Waals surface area contributed by atoms with Gasteiger partial charge in [0.05, 0.1) is 0 Å². The van der Waals surface area contributed by atoms with Crippen molar-refractivity contribution in [3.8, 4) is 0 Å². The number of aromatic nitrogens is 2. The number of nitrogens with zero attached hydrogens (tertiary/aromatic N) is 3. The lowest BCUT2D eigenvalue weighted by molar-refractivity contribution is -0.142. The number of guanidine groups is 1. The van der Waals surface area contributed by atoms with Crippen molar-refractivity contribution >= 4 is 5.96 Å². The lowest BCUT2D eigenvalue weighted by atomic mass is 10.0. The summed E-state index contributed by atoms with van der Waals surface area (Å²) >= 11 is 0. The van der Waals surface area contributed by atoms with Crippen molar-refractivity contribution < 1.29 is 13.2 Å². The van der Waals surface area contributed by atoms with E-state index in [1.807, 2.05) is 6.92 Å². The first kappa shape index (κ1) is 19.8. The monoisotopic (exact) mass is 367 g/mol. The molecule has 1 aromatic carbocycles. The van der Waals surface area contributed by atoms with Crippen LogP contribution in [0.15, 0.2) is 35.5 Å². The molecule has 0 radical (unpaired) electrons. The summed E-state index contributed by atoms with van der Waals surface area (Å²) in [5, 5.41) is 9.56. The predicted molar refractivity (Wildman–Crippen MR) is 96.0 cm³/mol. The topological polar surface area (TPSA) is 54.2 Å². The molecule has 2 aromatic rings. The maximum Gasteiger partial charge on any atom is 0.435 e. The Kier molecular flexibility index (Phi) is 6.28. The minimum Gasteiger partial charge on any atom is -0.356 e. The molecular formula is C18H24F3N5. The van der Waals surface area contributed by atoms with Gasteiger partial charge in [-0.15, -0.1) is 0 Å². The molecule has 5 nitrogen and oxygen atoms in total. The first-order valence-corrected chi connectivity index (χ1v) is 8.31. The van der Waals surface area contributed by atoms with Crippen molar-refractivity contribution in [2.75, 3.05) is 13.6 Å². The Bertz CT molecular complexity index is 747. The molecule has 26 heavy (non-hydrogen) atoms. The van der Waals surface area contributed by atoms with E-state index in [1.54, 1.807) is 7.05 Å². The Balaban J connectivity index is 1.93. The highest BCUT2D eigenvalue weighted by Gasteiger charge is 2.36. The van der Waals surface area contributed by atoms with E-state index in [0.29, 0.717) is 12.5 Å². The maximum atomic E-state index is 13.0. The molecule has 0 spiro atoms. The van der Waals surface area contributed by atoms with Crippen molar-refractivity contribution in [3.63, 3.8) is 0 Å². The van der Waals surface area contributed by atoms with Crippen LogP contribution in [0.1, 0.15) is 35.2 Å². The lowest BCUT2D eigenvalue weighted by Crippen LogP contribution is -2.38. The smallest absolute Gasteiger partial charge is 0.356 e. The third-order valence-corrected chi connectivity index (χ3v) is 4.07. The molecule has 8 heteroatoms. The minimum absolute atomic E-state index is 0.0126. The molecule has 0 aliphatic heterocycles. The number of benzene rings is 1. The molecule has 2 N–H and O–H groups in total. The largest absolute Gasteiger partial charge is 0.435 e. The molecule has 0 aliphatic carbocycles. The summed E-state index contributed by atoms with van der Waals surface area (Å²) in [6.07, 6.45) is -3.12. The van der Waals surface area contributed by atoms with Gasteiger partial charge in [0, 0.05) is 38.9 Å². The van der Waals surface area contributed by atoms with E-state index in [-0.39, 0.29) is 18.0 Å². The van der Waals surface area contributed by atoms with Gasteiger partial charge in [0.25, 0.3) is 0 Å². The number of rotatable bonds is 5. The molecule has 1 aromatic heterocycles. The number of aliphatic imine (C=N–C) groups is 1. The van der Waals surface area contributed by atoms with Crippen molar-refractivity contribution in [2.24, 2.45) is 12.0 Å². The second-order valence-electron chi connectivity index (χ2n) is 6.29. The van der Waals surface area contributed by atoms with Gasteiger partial charge in [0.1, 0.15) is 0 Å². The van der Waals surface area contributed by atoms with Gasteiger partial charge < -0.3 is 10.6 Å². The number of hydrogen-bond acceptors (Lipinski definition) is 2. The van der Waals surface area contributed by atoms with Crippen LogP contribution in [-0.4, -0.2) is 29.3 Å². The number of aryl methyl sites for hydroxylation is 2. The molecule has 1 heterocycles. The summed E-state index contributed by atoms with van der Waals surface area (Å²) in [6.45, 7) is 4.71. The van der Waals surface area contributed by atoms with E-state index in [4.69, 9.17) is 0 Å². The summed E-state index contributed by atoms with van der Waals surface area (Å²) < 4.78 is 40.1. The summed E-state index contributed by atoms with van der Waals surface area (Å²) in [5.74, 6) is 0.680. The number of halogens is 3. The summed E-state index contributed by atoms with van der Waals surface area (Å²) in [5.41, 5.74) is 1.58. The number of hydrogen-bond donors (Lipinski definition) is 2. The van der Waals surface area contributed by atoms with Gasteiger partial charge in [-0.05, 0) is 18.4 Å². The highest BCUT2D eigenvalue weighted by molar-refractivity contribution is 5.79. The van der Waals surface area contributed by atoms with Crippen molar-refractivity contribution in [1.29, 1.82) is 0 Å². The zero-order chi connectivity index (χ0) is 19.3. The van der Waals surface area contributed by atoms with E-state index < -0.39 is 11.9 Å². The molecule has 0 saturated heterocycles. The Hall–Kier alpha value is -2.51. The summed E-state index contributed by atoms with van der Waals surface area (Å²) in [6, 6.07) is 8.26. The predicted octanol–water partition coefficient (Wildman–Crippen LogP) is 3.22. The zero-order valence-electron chi connectivity index (χ0n) is 15.4. The molecule has 0 aliphatic rings. The Morgan fingerprint density at radius 3 is 2.46 bits per heavy atom. The van der Waals surface area contributed by atoms with Crippen LogP contribution in [0, 0.1) is 6.92 Å². The SMILES string of the molecule is CN=C(NCc1cn(C)nc1C(F)(F)F)NCC(C)c1ccc(C)cc1. The second-order valence-corrected chi connectivity index (χ2v) is 6.29. The van der Waals surface area contributed by atoms with E-state index >= 15 is 0 Å². The van der Waals surface area contributed by atoms with Crippen LogP contribution in [0.4, 0.5) is 13.2 Å². The van der Waals surface area contributed by atoms with Crippen LogP contribution >= 0.6 is 0 Å². The van der Waals surface area contributed by atoms with Crippen LogP contribution in [0.2, 0.25) is 0 Å². The molecule has 0 bridgehead atoms. The van der Waals surface area contributed by atoms with Crippen LogP contribution in [0.5, 0.6) is 0 Å². The van der Waals surface area contributed by atoms with Gasteiger partial charge in [-0.3, -0.25) is 9.67 Å². The van der Waals surface area contributed by atoms with Gasteiger partial charge >= 0.3 is 6.18 Å². The lowest BCUT2D eigenvalue weighted by Gasteiger charge is -2.16. The molecule has 0 saturated carbocycles. The van der Waals surface area contributed by atoms with E-state index in [2.05, 4.69) is 51.9 Å². The Morgan fingerprint density at radius 1 is 1.23 bits per heavy atom. The molecule has 0 amide bonds. The highest BCUT2D eigenvalue weighted by atomic mass is 19.4. The summed E-state index contributed by atoms with van der Waals surface area (Å²) in [4.78, 5) is 4.07. The average molecular weight is 367 g/mol. The molecule has 0 fully saturated rings. The Labute approximate surface area is 151 Å². The molecular weight excluding hydrogens is 343 g/mol. The molecule has 1 unspecified atom stereocenters. The van der Waals surface area contributed by atoms with Crippen molar-refractivity contribution in [1.82, 2.24) is 20.4 Å². The van der Waals surface area contributed by atoms with Gasteiger partial charge in [-0.25, -0.2) is 0 Å². The van der Waals surface area contributed by atoms with E-state index in [9.17, 15) is 13.2 Å². The normalized spacial score (nSPS) is 13.6. The van der Waals surface area contributed by atoms with Crippen LogP contribution in [0.3, 0.4) is 0 Å². The second kappa shape index (κ2) is 8.25. The summed E-state index contributed by atoms with van der Waals surface area (Å²) in [7, 11) is 3.05. The van der Waals surface area contributed by atoms with Crippen molar-refractivity contribution in [2.45, 2.75) is 32.5 Å². The molecule has 1 atom stereocenters. The average Bonchev–Trinajstić information content (AvgIpc) is 2.96. The van der Waals surface area contributed by atoms with Gasteiger partial charge in [0.15, 0.2) is 11.7 Å². The number of nitrogens with one attached hydrogen (secondary N) is 2. The highest BCUT2D eigenvalue weighted by Crippen LogP contribution is 2.30. The fourth-order valence-corrected chi connectivity index (χ4v) is 2.57. The van der Waals surface area contributed by atoms with Crippen LogP contribution in [0.25, 0.3) is 0 Å². The third kappa shape index (κ3) is 5.24. The molecule has 142 valence electrons. The van der Waals surface area contributed by atoms with Gasteiger partial charge in [-0.1, -0.05) is 36.8 Å². The third-order valence-electron chi connectivity index (χ3n) is 4.07. The van der Waals surface area contributed by atoms with E-state index in [0.717, 1.165) is 4.68 Å². The van der Waals surface area contributed by atoms with Crippen molar-refractivity contribution in [3.05, 3.63) is 52.8 Å². The maximum absolute atomic E-state index is 13.0. The quantitative estimate of drug-likeness (QED) is 0.630. The fourth-order valence-electron chi connectivity index (χ4n) is 2.57. The van der Waals surface area contributed by atoms with Crippen LogP contribution < -0.4 is 10.6 Å². The van der Waals surface area contributed by atoms with Crippen LogP contribution in [-0.2, 0) is 19.8 Å². The van der Waals surface area contributed by atoms with Gasteiger partial charge in [-0.2, -0.15) is 18.3 Å². The molecule has 2 rings (SSSR count). The number of alkyl halides is 3. The minimum atomic E-state index is -4.48. The van der Waals surface area contributed by atoms with E-state index in [1.165, 1.54) is 24.4 Å². The fraction of sp³-hybridized carbons (Fsp3) is 0.444.